The standard InChI is InChI=1S/C5H7S/c1-6-5-3-2-4-5/h2-5H,1H3. The average molecular weight is 99.2 g/mol. The van der Waals surface area contributed by atoms with E-state index in [9.17, 15) is 0 Å². The van der Waals surface area contributed by atoms with Crippen LogP contribution in [0.15, 0.2) is 12.2 Å². The first-order valence-corrected chi connectivity index (χ1v) is 3.27. The van der Waals surface area contributed by atoms with E-state index in [4.69, 9.17) is 0 Å². The van der Waals surface area contributed by atoms with Crippen LogP contribution in [0.2, 0.25) is 0 Å². The lowest BCUT2D eigenvalue weighted by Gasteiger charge is -2.12. The van der Waals surface area contributed by atoms with E-state index < -0.39 is 0 Å². The summed E-state index contributed by atoms with van der Waals surface area (Å²) in [5.41, 5.74) is 0. The zero-order valence-corrected chi connectivity index (χ0v) is 4.53. The van der Waals surface area contributed by atoms with Crippen LogP contribution in [0.1, 0.15) is 0 Å². The predicted octanol–water partition coefficient (Wildman–Crippen LogP) is 1.49. The molecule has 0 N–H and O–H groups in total. The maximum absolute atomic E-state index is 2.19. The van der Waals surface area contributed by atoms with Crippen LogP contribution in [0.3, 0.4) is 0 Å². The van der Waals surface area contributed by atoms with Crippen LogP contribution in [0.4, 0.5) is 0 Å². The van der Waals surface area contributed by atoms with E-state index in [0.717, 1.165) is 5.25 Å². The fourth-order valence-corrected chi connectivity index (χ4v) is 0.855. The summed E-state index contributed by atoms with van der Waals surface area (Å²) in [6.07, 6.45) is 8.57. The molecule has 0 aromatic rings. The molecule has 0 aromatic carbocycles. The summed E-state index contributed by atoms with van der Waals surface area (Å²) in [6, 6.07) is 0. The van der Waals surface area contributed by atoms with Crippen LogP contribution >= 0.6 is 11.8 Å². The molecular formula is C5H7S. The van der Waals surface area contributed by atoms with E-state index in [1.807, 2.05) is 11.8 Å². The highest BCUT2D eigenvalue weighted by Crippen LogP contribution is 2.18. The molecule has 0 saturated carbocycles. The van der Waals surface area contributed by atoms with E-state index in [1.54, 1.807) is 0 Å². The molecule has 6 heavy (non-hydrogen) atoms. The van der Waals surface area contributed by atoms with Gasteiger partial charge >= 0.3 is 0 Å². The molecule has 0 aromatic heterocycles. The molecule has 0 heterocycles. The summed E-state index contributed by atoms with van der Waals surface area (Å²) >= 11 is 1.87. The lowest BCUT2D eigenvalue weighted by molar-refractivity contribution is 1.22. The molecule has 1 atom stereocenters. The van der Waals surface area contributed by atoms with Gasteiger partial charge in [-0.05, 0) is 12.7 Å². The monoisotopic (exact) mass is 99.0 g/mol. The fraction of sp³-hybridized carbons (Fsp3) is 0.400. The van der Waals surface area contributed by atoms with Gasteiger partial charge in [-0.3, -0.25) is 0 Å². The van der Waals surface area contributed by atoms with E-state index in [1.165, 1.54) is 0 Å². The fourth-order valence-electron chi connectivity index (χ4n) is 0.359. The third-order valence-corrected chi connectivity index (χ3v) is 1.73. The summed E-state index contributed by atoms with van der Waals surface area (Å²) in [6.45, 7) is 0. The second kappa shape index (κ2) is 1.69. The largest absolute Gasteiger partial charge is 0.157 e. The Morgan fingerprint density at radius 1 is 1.67 bits per heavy atom. The van der Waals surface area contributed by atoms with Gasteiger partial charge in [-0.2, -0.15) is 11.8 Å². The van der Waals surface area contributed by atoms with Crippen LogP contribution in [0.25, 0.3) is 0 Å². The van der Waals surface area contributed by atoms with Crippen molar-refractivity contribution in [3.8, 4) is 0 Å². The third kappa shape index (κ3) is 0.597. The molecule has 1 aliphatic carbocycles. The Bertz CT molecular complexity index is 66.3. The Morgan fingerprint density at radius 3 is 2.33 bits per heavy atom. The van der Waals surface area contributed by atoms with Crippen LogP contribution < -0.4 is 0 Å². The lowest BCUT2D eigenvalue weighted by atomic mass is 10.1. The maximum atomic E-state index is 2.19. The molecular weight excluding hydrogens is 92.1 g/mol. The Morgan fingerprint density at radius 2 is 2.33 bits per heavy atom. The van der Waals surface area contributed by atoms with Crippen molar-refractivity contribution in [2.24, 2.45) is 0 Å². The van der Waals surface area contributed by atoms with Crippen LogP contribution in [-0.4, -0.2) is 11.5 Å². The van der Waals surface area contributed by atoms with Crippen molar-refractivity contribution in [2.75, 3.05) is 6.26 Å². The maximum Gasteiger partial charge on any atom is 0.0293 e. The van der Waals surface area contributed by atoms with Crippen molar-refractivity contribution in [1.29, 1.82) is 0 Å². The molecule has 0 bridgehead atoms. The quantitative estimate of drug-likeness (QED) is 0.480. The molecule has 1 unspecified atom stereocenters. The minimum Gasteiger partial charge on any atom is -0.157 e. The number of hydrogen-bond acceptors (Lipinski definition) is 1. The molecule has 1 rings (SSSR count). The predicted molar refractivity (Wildman–Crippen MR) is 30.7 cm³/mol. The Labute approximate surface area is 42.6 Å². The first-order valence-electron chi connectivity index (χ1n) is 1.98. The number of hydrogen-bond donors (Lipinski definition) is 0. The average Bonchev–Trinajstić information content (AvgIpc) is 1.31. The third-order valence-electron chi connectivity index (χ3n) is 0.874. The number of thioether (sulfide) groups is 1. The van der Waals surface area contributed by atoms with Crippen LogP contribution in [0.5, 0.6) is 0 Å². The normalized spacial score (nSPS) is 29.8. The van der Waals surface area contributed by atoms with Gasteiger partial charge < -0.3 is 0 Å². The van der Waals surface area contributed by atoms with Crippen molar-refractivity contribution in [1.82, 2.24) is 0 Å². The van der Waals surface area contributed by atoms with Crippen LogP contribution in [0, 0.1) is 6.42 Å². The zero-order valence-electron chi connectivity index (χ0n) is 3.72. The second-order valence-corrected chi connectivity index (χ2v) is 2.29. The first kappa shape index (κ1) is 4.25. The SMILES string of the molecule is CSC1[CH]C=C1. The molecule has 33 valence electrons. The topological polar surface area (TPSA) is 0 Å². The van der Waals surface area contributed by atoms with Crippen molar-refractivity contribution in [2.45, 2.75) is 5.25 Å². The van der Waals surface area contributed by atoms with Crippen LogP contribution in [-0.2, 0) is 0 Å². The summed E-state index contributed by atoms with van der Waals surface area (Å²) in [5, 5.41) is 0.727. The summed E-state index contributed by atoms with van der Waals surface area (Å²) < 4.78 is 0. The van der Waals surface area contributed by atoms with Gasteiger partial charge in [-0.15, -0.1) is 0 Å². The Balaban J connectivity index is 2.21. The zero-order chi connectivity index (χ0) is 4.41. The van der Waals surface area contributed by atoms with Crippen molar-refractivity contribution < 1.29 is 0 Å². The van der Waals surface area contributed by atoms with E-state index in [-0.39, 0.29) is 0 Å². The Hall–Kier alpha value is 0.0900. The van der Waals surface area contributed by atoms with Crippen molar-refractivity contribution in [3.63, 3.8) is 0 Å². The second-order valence-electron chi connectivity index (χ2n) is 1.28. The molecule has 1 heteroatoms. The lowest BCUT2D eigenvalue weighted by Crippen LogP contribution is -2.03. The van der Waals surface area contributed by atoms with Gasteiger partial charge in [0.2, 0.25) is 0 Å². The van der Waals surface area contributed by atoms with Gasteiger partial charge in [0, 0.05) is 5.25 Å². The number of allylic oxidation sites excluding steroid dienone is 1. The summed E-state index contributed by atoms with van der Waals surface area (Å²) in [7, 11) is 0. The molecule has 0 fully saturated rings. The van der Waals surface area contributed by atoms with Gasteiger partial charge in [0.05, 0.1) is 0 Å². The van der Waals surface area contributed by atoms with Crippen molar-refractivity contribution in [3.05, 3.63) is 18.6 Å². The van der Waals surface area contributed by atoms with Gasteiger partial charge in [-0.25, -0.2) is 0 Å². The molecule has 0 spiro atoms. The summed E-state index contributed by atoms with van der Waals surface area (Å²) in [5.74, 6) is 0. The molecule has 0 nitrogen and oxygen atoms in total. The highest BCUT2D eigenvalue weighted by atomic mass is 32.2. The summed E-state index contributed by atoms with van der Waals surface area (Å²) in [4.78, 5) is 0. The molecule has 0 aliphatic heterocycles. The minimum absolute atomic E-state index is 0.727. The van der Waals surface area contributed by atoms with Gasteiger partial charge in [0.15, 0.2) is 0 Å². The smallest absolute Gasteiger partial charge is 0.0293 e. The highest BCUT2D eigenvalue weighted by molar-refractivity contribution is 7.99. The van der Waals surface area contributed by atoms with E-state index in [0.29, 0.717) is 0 Å². The Kier molecular flexibility index (Phi) is 1.20. The molecule has 1 aliphatic rings. The molecule has 0 amide bonds. The van der Waals surface area contributed by atoms with Gasteiger partial charge in [-0.1, -0.05) is 12.2 Å². The molecule has 1 radical (unpaired) electrons. The van der Waals surface area contributed by atoms with E-state index >= 15 is 0 Å². The highest BCUT2D eigenvalue weighted by Gasteiger charge is 2.05. The van der Waals surface area contributed by atoms with Gasteiger partial charge in [0.1, 0.15) is 0 Å². The number of rotatable bonds is 1. The van der Waals surface area contributed by atoms with Crippen molar-refractivity contribution >= 4 is 11.8 Å². The van der Waals surface area contributed by atoms with E-state index in [2.05, 4.69) is 24.8 Å². The molecule has 0 saturated heterocycles. The van der Waals surface area contributed by atoms with Gasteiger partial charge in [0.25, 0.3) is 0 Å². The minimum atomic E-state index is 0.727. The first-order chi connectivity index (χ1) is 2.93.